The standard InChI is InChI=1S/C17H32O2/c1-2-15(17(19)12-4-3-5-13-17)9-6-14-7-10-16(18)11-8-14/h14-16,18-19H,2-13H2,1H3. The molecule has 2 nitrogen and oxygen atoms in total. The molecule has 1 atom stereocenters. The van der Waals surface area contributed by atoms with Gasteiger partial charge in [0.2, 0.25) is 0 Å². The van der Waals surface area contributed by atoms with Crippen molar-refractivity contribution in [3.05, 3.63) is 0 Å². The molecule has 0 bridgehead atoms. The van der Waals surface area contributed by atoms with E-state index in [2.05, 4.69) is 6.92 Å². The topological polar surface area (TPSA) is 40.5 Å². The summed E-state index contributed by atoms with van der Waals surface area (Å²) in [5, 5.41) is 20.4. The number of aliphatic hydroxyl groups is 2. The molecule has 2 saturated carbocycles. The van der Waals surface area contributed by atoms with Crippen LogP contribution in [0.15, 0.2) is 0 Å². The number of hydrogen-bond donors (Lipinski definition) is 2. The second kappa shape index (κ2) is 7.08. The van der Waals surface area contributed by atoms with Crippen LogP contribution in [0.4, 0.5) is 0 Å². The zero-order valence-electron chi connectivity index (χ0n) is 12.6. The highest BCUT2D eigenvalue weighted by molar-refractivity contribution is 4.89. The summed E-state index contributed by atoms with van der Waals surface area (Å²) in [6.07, 6.45) is 13.7. The third kappa shape index (κ3) is 4.19. The highest BCUT2D eigenvalue weighted by atomic mass is 16.3. The van der Waals surface area contributed by atoms with Gasteiger partial charge in [0.15, 0.2) is 0 Å². The molecule has 112 valence electrons. The molecule has 1 unspecified atom stereocenters. The van der Waals surface area contributed by atoms with Crippen LogP contribution in [0.25, 0.3) is 0 Å². The average molecular weight is 268 g/mol. The Labute approximate surface area is 118 Å². The maximum atomic E-state index is 10.9. The predicted octanol–water partition coefficient (Wildman–Crippen LogP) is 4.04. The van der Waals surface area contributed by atoms with Gasteiger partial charge in [0.1, 0.15) is 0 Å². The summed E-state index contributed by atoms with van der Waals surface area (Å²) < 4.78 is 0. The van der Waals surface area contributed by atoms with Gasteiger partial charge in [0.05, 0.1) is 11.7 Å². The molecule has 2 rings (SSSR count). The van der Waals surface area contributed by atoms with Crippen molar-refractivity contribution in [2.24, 2.45) is 11.8 Å². The minimum Gasteiger partial charge on any atom is -0.393 e. The molecule has 0 aromatic rings. The molecular formula is C17H32O2. The lowest BCUT2D eigenvalue weighted by molar-refractivity contribution is -0.0559. The van der Waals surface area contributed by atoms with Gasteiger partial charge in [-0.15, -0.1) is 0 Å². The zero-order valence-corrected chi connectivity index (χ0v) is 12.6. The van der Waals surface area contributed by atoms with Gasteiger partial charge in [-0.2, -0.15) is 0 Å². The van der Waals surface area contributed by atoms with E-state index >= 15 is 0 Å². The SMILES string of the molecule is CCC(CCC1CCC(O)CC1)C1(O)CCCCC1. The Morgan fingerprint density at radius 1 is 1.05 bits per heavy atom. The summed E-state index contributed by atoms with van der Waals surface area (Å²) in [5.41, 5.74) is -0.360. The highest BCUT2D eigenvalue weighted by Gasteiger charge is 2.36. The number of rotatable bonds is 5. The Kier molecular flexibility index (Phi) is 5.70. The van der Waals surface area contributed by atoms with Crippen LogP contribution in [0, 0.1) is 11.8 Å². The second-order valence-corrected chi connectivity index (χ2v) is 7.02. The highest BCUT2D eigenvalue weighted by Crippen LogP contribution is 2.40. The van der Waals surface area contributed by atoms with Gasteiger partial charge < -0.3 is 10.2 Å². The second-order valence-electron chi connectivity index (χ2n) is 7.02. The molecule has 0 radical (unpaired) electrons. The van der Waals surface area contributed by atoms with E-state index < -0.39 is 0 Å². The van der Waals surface area contributed by atoms with Crippen molar-refractivity contribution in [1.29, 1.82) is 0 Å². The quantitative estimate of drug-likeness (QED) is 0.790. The van der Waals surface area contributed by atoms with Crippen LogP contribution in [-0.2, 0) is 0 Å². The van der Waals surface area contributed by atoms with E-state index in [-0.39, 0.29) is 11.7 Å². The van der Waals surface area contributed by atoms with Crippen molar-refractivity contribution in [2.45, 2.75) is 95.7 Å². The van der Waals surface area contributed by atoms with Crippen molar-refractivity contribution in [3.63, 3.8) is 0 Å². The van der Waals surface area contributed by atoms with Crippen LogP contribution in [0.2, 0.25) is 0 Å². The van der Waals surface area contributed by atoms with Gasteiger partial charge >= 0.3 is 0 Å². The average Bonchev–Trinajstić information content (AvgIpc) is 2.42. The molecule has 2 aliphatic rings. The maximum Gasteiger partial charge on any atom is 0.0675 e. The molecule has 0 amide bonds. The lowest BCUT2D eigenvalue weighted by Gasteiger charge is -2.40. The first-order chi connectivity index (χ1) is 9.14. The van der Waals surface area contributed by atoms with Crippen molar-refractivity contribution < 1.29 is 10.2 Å². The van der Waals surface area contributed by atoms with Crippen LogP contribution >= 0.6 is 0 Å². The van der Waals surface area contributed by atoms with Gasteiger partial charge in [-0.3, -0.25) is 0 Å². The van der Waals surface area contributed by atoms with Gasteiger partial charge in [-0.25, -0.2) is 0 Å². The van der Waals surface area contributed by atoms with E-state index in [1.165, 1.54) is 44.9 Å². The fraction of sp³-hybridized carbons (Fsp3) is 1.00. The Balaban J connectivity index is 1.78. The Hall–Kier alpha value is -0.0800. The summed E-state index contributed by atoms with van der Waals surface area (Å²) >= 11 is 0. The molecule has 0 heterocycles. The lowest BCUT2D eigenvalue weighted by Crippen LogP contribution is -2.40. The van der Waals surface area contributed by atoms with Crippen molar-refractivity contribution >= 4 is 0 Å². The van der Waals surface area contributed by atoms with E-state index in [4.69, 9.17) is 0 Å². The van der Waals surface area contributed by atoms with Crippen LogP contribution in [-0.4, -0.2) is 21.9 Å². The van der Waals surface area contributed by atoms with Crippen molar-refractivity contribution in [2.75, 3.05) is 0 Å². The summed E-state index contributed by atoms with van der Waals surface area (Å²) in [4.78, 5) is 0. The fourth-order valence-electron chi connectivity index (χ4n) is 4.30. The van der Waals surface area contributed by atoms with Crippen LogP contribution in [0.1, 0.15) is 84.0 Å². The third-order valence-electron chi connectivity index (χ3n) is 5.71. The largest absolute Gasteiger partial charge is 0.393 e. The minimum atomic E-state index is -0.360. The summed E-state index contributed by atoms with van der Waals surface area (Å²) in [6, 6.07) is 0. The normalized spacial score (nSPS) is 33.0. The van der Waals surface area contributed by atoms with Gasteiger partial charge in [-0.05, 0) is 56.8 Å². The molecule has 0 aliphatic heterocycles. The van der Waals surface area contributed by atoms with Crippen LogP contribution in [0.3, 0.4) is 0 Å². The van der Waals surface area contributed by atoms with E-state index in [0.717, 1.165) is 38.0 Å². The molecule has 2 aliphatic carbocycles. The molecule has 0 saturated heterocycles. The molecule has 19 heavy (non-hydrogen) atoms. The number of hydrogen-bond acceptors (Lipinski definition) is 2. The summed E-state index contributed by atoms with van der Waals surface area (Å²) in [6.45, 7) is 2.24. The van der Waals surface area contributed by atoms with Gasteiger partial charge in [-0.1, -0.05) is 39.0 Å². The first-order valence-electron chi connectivity index (χ1n) is 8.54. The van der Waals surface area contributed by atoms with Crippen LogP contribution in [0.5, 0.6) is 0 Å². The molecule has 2 fully saturated rings. The van der Waals surface area contributed by atoms with Gasteiger partial charge in [0.25, 0.3) is 0 Å². The zero-order chi connectivity index (χ0) is 13.7. The van der Waals surface area contributed by atoms with Gasteiger partial charge in [0, 0.05) is 0 Å². The minimum absolute atomic E-state index is 0.0410. The molecule has 0 spiro atoms. The third-order valence-corrected chi connectivity index (χ3v) is 5.71. The Morgan fingerprint density at radius 3 is 2.26 bits per heavy atom. The molecule has 0 aromatic heterocycles. The van der Waals surface area contributed by atoms with E-state index in [9.17, 15) is 10.2 Å². The smallest absolute Gasteiger partial charge is 0.0675 e. The van der Waals surface area contributed by atoms with E-state index in [0.29, 0.717) is 5.92 Å². The molecular weight excluding hydrogens is 236 g/mol. The Bertz CT molecular complexity index is 250. The van der Waals surface area contributed by atoms with Crippen LogP contribution < -0.4 is 0 Å². The lowest BCUT2D eigenvalue weighted by atomic mass is 9.71. The Morgan fingerprint density at radius 2 is 1.68 bits per heavy atom. The van der Waals surface area contributed by atoms with Crippen molar-refractivity contribution in [1.82, 2.24) is 0 Å². The maximum absolute atomic E-state index is 10.9. The fourth-order valence-corrected chi connectivity index (χ4v) is 4.30. The number of aliphatic hydroxyl groups excluding tert-OH is 1. The van der Waals surface area contributed by atoms with E-state index in [1.807, 2.05) is 0 Å². The molecule has 0 aromatic carbocycles. The predicted molar refractivity (Wildman–Crippen MR) is 79.0 cm³/mol. The van der Waals surface area contributed by atoms with E-state index in [1.54, 1.807) is 0 Å². The molecule has 2 N–H and O–H groups in total. The summed E-state index contributed by atoms with van der Waals surface area (Å²) in [7, 11) is 0. The molecule has 2 heteroatoms. The summed E-state index contributed by atoms with van der Waals surface area (Å²) in [5.74, 6) is 1.30. The first-order valence-corrected chi connectivity index (χ1v) is 8.54. The first kappa shape index (κ1) is 15.3. The van der Waals surface area contributed by atoms with Crippen molar-refractivity contribution in [3.8, 4) is 0 Å². The monoisotopic (exact) mass is 268 g/mol.